The monoisotopic (exact) mass is 416 g/mol. The summed E-state index contributed by atoms with van der Waals surface area (Å²) in [5.41, 5.74) is 2.96. The summed E-state index contributed by atoms with van der Waals surface area (Å²) in [6.45, 7) is 2.63. The van der Waals surface area contributed by atoms with Gasteiger partial charge in [0, 0.05) is 18.9 Å². The van der Waals surface area contributed by atoms with Gasteiger partial charge in [-0.2, -0.15) is 13.2 Å². The molecule has 2 aliphatic rings. The highest BCUT2D eigenvalue weighted by Gasteiger charge is 2.36. The molecular weight excluding hydrogens is 393 g/mol. The van der Waals surface area contributed by atoms with Gasteiger partial charge in [-0.05, 0) is 43.0 Å². The molecule has 1 aliphatic heterocycles. The lowest BCUT2D eigenvalue weighted by molar-refractivity contribution is -0.138. The summed E-state index contributed by atoms with van der Waals surface area (Å²) in [6, 6.07) is 13.0. The topological polar surface area (TPSA) is 41.9 Å². The van der Waals surface area contributed by atoms with Crippen LogP contribution >= 0.6 is 0 Å². The Kier molecular flexibility index (Phi) is 5.54. The molecule has 4 rings (SSSR count). The van der Waals surface area contributed by atoms with Crippen LogP contribution in [0.25, 0.3) is 0 Å². The Bertz CT molecular complexity index is 932. The van der Waals surface area contributed by atoms with Gasteiger partial charge in [-0.15, -0.1) is 0 Å². The fourth-order valence-electron chi connectivity index (χ4n) is 3.53. The lowest BCUT2D eigenvalue weighted by Gasteiger charge is -2.25. The number of nitrogens with zero attached hydrogens (tertiary/aromatic N) is 2. The highest BCUT2D eigenvalue weighted by molar-refractivity contribution is 6.01. The predicted octanol–water partition coefficient (Wildman–Crippen LogP) is 4.95. The van der Waals surface area contributed by atoms with E-state index in [1.165, 1.54) is 12.1 Å². The van der Waals surface area contributed by atoms with Crippen molar-refractivity contribution in [2.75, 3.05) is 6.54 Å². The number of aryl methyl sites for hydroxylation is 1. The van der Waals surface area contributed by atoms with Crippen molar-refractivity contribution in [1.29, 1.82) is 0 Å². The normalized spacial score (nSPS) is 18.7. The molecule has 1 aliphatic carbocycles. The van der Waals surface area contributed by atoms with Crippen LogP contribution in [0.3, 0.4) is 0 Å². The van der Waals surface area contributed by atoms with Gasteiger partial charge in [0.2, 0.25) is 5.91 Å². The second-order valence-electron chi connectivity index (χ2n) is 8.02. The molecule has 158 valence electrons. The van der Waals surface area contributed by atoms with Crippen molar-refractivity contribution >= 4 is 11.6 Å². The maximum Gasteiger partial charge on any atom is 0.416 e. The number of carbonyl (C=O) groups is 1. The van der Waals surface area contributed by atoms with Crippen molar-refractivity contribution in [3.63, 3.8) is 0 Å². The SMILES string of the molecule is Cc1ccc(C2=NO[C@@H](CN(Cc3ccc(C(F)(F)F)cc3)C(=O)C3CC3)C2)cc1. The summed E-state index contributed by atoms with van der Waals surface area (Å²) in [5.74, 6) is 0.0422. The number of hydrogen-bond acceptors (Lipinski definition) is 3. The van der Waals surface area contributed by atoms with Crippen LogP contribution in [0.15, 0.2) is 53.7 Å². The first-order valence-electron chi connectivity index (χ1n) is 10.0. The third-order valence-corrected chi connectivity index (χ3v) is 5.43. The van der Waals surface area contributed by atoms with Crippen LogP contribution in [0.2, 0.25) is 0 Å². The molecule has 0 spiro atoms. The van der Waals surface area contributed by atoms with Crippen molar-refractivity contribution in [3.8, 4) is 0 Å². The number of carbonyl (C=O) groups excluding carboxylic acids is 1. The van der Waals surface area contributed by atoms with Gasteiger partial charge >= 0.3 is 6.18 Å². The summed E-state index contributed by atoms with van der Waals surface area (Å²) in [7, 11) is 0. The van der Waals surface area contributed by atoms with E-state index in [-0.39, 0.29) is 24.5 Å². The number of rotatable bonds is 6. The molecule has 1 atom stereocenters. The fraction of sp³-hybridized carbons (Fsp3) is 0.391. The van der Waals surface area contributed by atoms with E-state index < -0.39 is 11.7 Å². The summed E-state index contributed by atoms with van der Waals surface area (Å²) in [6.07, 6.45) is -2.33. The van der Waals surface area contributed by atoms with E-state index in [2.05, 4.69) is 5.16 Å². The standard InChI is InChI=1S/C23H23F3N2O2/c1-15-2-6-17(7-3-15)21-12-20(30-27-21)14-28(22(29)18-8-9-18)13-16-4-10-19(11-5-16)23(24,25)26/h2-7,10-11,18,20H,8-9,12-14H2,1H3/t20-/m1/s1. The molecule has 1 heterocycles. The summed E-state index contributed by atoms with van der Waals surface area (Å²) in [5, 5.41) is 4.19. The first-order valence-corrected chi connectivity index (χ1v) is 10.0. The van der Waals surface area contributed by atoms with Crippen LogP contribution in [0.4, 0.5) is 13.2 Å². The molecule has 0 radical (unpaired) electrons. The zero-order chi connectivity index (χ0) is 21.3. The van der Waals surface area contributed by atoms with E-state index >= 15 is 0 Å². The Morgan fingerprint density at radius 2 is 1.77 bits per heavy atom. The second kappa shape index (κ2) is 8.13. The average Bonchev–Trinajstić information content (AvgIpc) is 3.46. The van der Waals surface area contributed by atoms with E-state index in [0.29, 0.717) is 18.5 Å². The highest BCUT2D eigenvalue weighted by atomic mass is 19.4. The highest BCUT2D eigenvalue weighted by Crippen LogP contribution is 2.33. The number of amides is 1. The van der Waals surface area contributed by atoms with Crippen LogP contribution < -0.4 is 0 Å². The molecule has 1 fully saturated rings. The molecule has 1 saturated carbocycles. The quantitative estimate of drug-likeness (QED) is 0.669. The summed E-state index contributed by atoms with van der Waals surface area (Å²) >= 11 is 0. The Hall–Kier alpha value is -2.83. The molecular formula is C23H23F3N2O2. The molecule has 0 aromatic heterocycles. The molecule has 0 saturated heterocycles. The Morgan fingerprint density at radius 1 is 1.10 bits per heavy atom. The van der Waals surface area contributed by atoms with Crippen LogP contribution in [0.5, 0.6) is 0 Å². The van der Waals surface area contributed by atoms with Crippen molar-refractivity contribution in [1.82, 2.24) is 4.90 Å². The number of oxime groups is 1. The van der Waals surface area contributed by atoms with Crippen molar-refractivity contribution in [2.45, 2.75) is 45.0 Å². The largest absolute Gasteiger partial charge is 0.416 e. The second-order valence-corrected chi connectivity index (χ2v) is 8.02. The molecule has 0 unspecified atom stereocenters. The first kappa shape index (κ1) is 20.4. The van der Waals surface area contributed by atoms with E-state index in [4.69, 9.17) is 4.84 Å². The molecule has 7 heteroatoms. The predicted molar refractivity (Wildman–Crippen MR) is 107 cm³/mol. The van der Waals surface area contributed by atoms with Gasteiger partial charge < -0.3 is 9.74 Å². The van der Waals surface area contributed by atoms with E-state index in [1.54, 1.807) is 4.90 Å². The minimum Gasteiger partial charge on any atom is -0.390 e. The van der Waals surface area contributed by atoms with Crippen molar-refractivity contribution in [2.24, 2.45) is 11.1 Å². The van der Waals surface area contributed by atoms with E-state index in [1.807, 2.05) is 31.2 Å². The number of benzene rings is 2. The Balaban J connectivity index is 1.42. The number of halogens is 3. The lowest BCUT2D eigenvalue weighted by atomic mass is 10.0. The molecule has 2 aromatic carbocycles. The van der Waals surface area contributed by atoms with Gasteiger partial charge in [0.1, 0.15) is 0 Å². The van der Waals surface area contributed by atoms with Gasteiger partial charge in [-0.3, -0.25) is 4.79 Å². The number of hydrogen-bond donors (Lipinski definition) is 0. The van der Waals surface area contributed by atoms with Crippen molar-refractivity contribution in [3.05, 3.63) is 70.8 Å². The van der Waals surface area contributed by atoms with Crippen LogP contribution in [0, 0.1) is 12.8 Å². The minimum absolute atomic E-state index is 0.0124. The summed E-state index contributed by atoms with van der Waals surface area (Å²) < 4.78 is 38.4. The van der Waals surface area contributed by atoms with E-state index in [9.17, 15) is 18.0 Å². The van der Waals surface area contributed by atoms with Crippen LogP contribution in [-0.2, 0) is 22.4 Å². The molecule has 30 heavy (non-hydrogen) atoms. The van der Waals surface area contributed by atoms with E-state index in [0.717, 1.165) is 41.8 Å². The molecule has 2 aromatic rings. The zero-order valence-electron chi connectivity index (χ0n) is 16.7. The minimum atomic E-state index is -4.37. The Morgan fingerprint density at radius 3 is 2.37 bits per heavy atom. The molecule has 0 bridgehead atoms. The van der Waals surface area contributed by atoms with Gasteiger partial charge in [0.15, 0.2) is 6.10 Å². The van der Waals surface area contributed by atoms with Gasteiger partial charge in [-0.1, -0.05) is 47.1 Å². The molecule has 4 nitrogen and oxygen atoms in total. The Labute approximate surface area is 173 Å². The third-order valence-electron chi connectivity index (χ3n) is 5.43. The van der Waals surface area contributed by atoms with Crippen LogP contribution in [-0.4, -0.2) is 29.2 Å². The van der Waals surface area contributed by atoms with Gasteiger partial charge in [0.05, 0.1) is 17.8 Å². The fourth-order valence-corrected chi connectivity index (χ4v) is 3.53. The average molecular weight is 416 g/mol. The summed E-state index contributed by atoms with van der Waals surface area (Å²) in [4.78, 5) is 20.0. The van der Waals surface area contributed by atoms with Crippen LogP contribution in [0.1, 0.15) is 41.5 Å². The third kappa shape index (κ3) is 4.83. The smallest absolute Gasteiger partial charge is 0.390 e. The van der Waals surface area contributed by atoms with Crippen molar-refractivity contribution < 1.29 is 22.8 Å². The van der Waals surface area contributed by atoms with Gasteiger partial charge in [-0.25, -0.2) is 0 Å². The van der Waals surface area contributed by atoms with Gasteiger partial charge in [0.25, 0.3) is 0 Å². The maximum atomic E-state index is 12.8. The molecule has 1 amide bonds. The molecule has 0 N–H and O–H groups in total. The maximum absolute atomic E-state index is 12.8. The number of alkyl halides is 3. The first-order chi connectivity index (χ1) is 14.3. The lowest BCUT2D eigenvalue weighted by Crippen LogP contribution is -2.38. The zero-order valence-corrected chi connectivity index (χ0v) is 16.7.